The number of hydrogen-bond acceptors (Lipinski definition) is 6. The molecule has 0 radical (unpaired) electrons. The molecule has 8 heteroatoms. The predicted octanol–water partition coefficient (Wildman–Crippen LogP) is 3.20. The number of esters is 1. The van der Waals surface area contributed by atoms with Gasteiger partial charge in [-0.3, -0.25) is 9.59 Å². The Labute approximate surface area is 154 Å². The second-order valence-electron chi connectivity index (χ2n) is 5.57. The fourth-order valence-corrected chi connectivity index (χ4v) is 4.01. The summed E-state index contributed by atoms with van der Waals surface area (Å²) >= 11 is 2.88. The fourth-order valence-electron chi connectivity index (χ4n) is 2.15. The van der Waals surface area contributed by atoms with Crippen LogP contribution in [0.5, 0.6) is 0 Å². The number of nitrogens with zero attached hydrogens (tertiary/aromatic N) is 1. The largest absolute Gasteiger partial charge is 0.452 e. The Kier molecular flexibility index (Phi) is 6.33. The summed E-state index contributed by atoms with van der Waals surface area (Å²) in [5.74, 6) is -1.15. The van der Waals surface area contributed by atoms with Gasteiger partial charge < -0.3 is 15.0 Å². The number of likely N-dealkylation sites (N-methyl/N-ethyl adjacent to an activating group) is 1. The van der Waals surface area contributed by atoms with Crippen molar-refractivity contribution >= 4 is 45.5 Å². The minimum atomic E-state index is -0.608. The lowest BCUT2D eigenvalue weighted by Crippen LogP contribution is -2.30. The van der Waals surface area contributed by atoms with Crippen LogP contribution < -0.4 is 5.32 Å². The molecule has 0 unspecified atom stereocenters. The van der Waals surface area contributed by atoms with E-state index in [1.54, 1.807) is 25.3 Å². The van der Waals surface area contributed by atoms with Gasteiger partial charge in [0.15, 0.2) is 6.61 Å². The molecule has 2 aromatic heterocycles. The van der Waals surface area contributed by atoms with Crippen molar-refractivity contribution in [2.45, 2.75) is 27.3 Å². The molecule has 0 fully saturated rings. The van der Waals surface area contributed by atoms with Crippen LogP contribution in [0.3, 0.4) is 0 Å². The molecular formula is C17H20N2O4S2. The second-order valence-corrected chi connectivity index (χ2v) is 7.83. The zero-order chi connectivity index (χ0) is 18.6. The van der Waals surface area contributed by atoms with Crippen molar-refractivity contribution in [1.29, 1.82) is 0 Å². The molecule has 0 atom stereocenters. The summed E-state index contributed by atoms with van der Waals surface area (Å²) in [6.07, 6.45) is 0. The van der Waals surface area contributed by atoms with E-state index in [2.05, 4.69) is 5.32 Å². The van der Waals surface area contributed by atoms with Crippen molar-refractivity contribution in [3.63, 3.8) is 0 Å². The van der Waals surface area contributed by atoms with Gasteiger partial charge in [-0.05, 0) is 30.9 Å². The van der Waals surface area contributed by atoms with Crippen molar-refractivity contribution in [1.82, 2.24) is 4.90 Å². The van der Waals surface area contributed by atoms with Gasteiger partial charge in [-0.2, -0.15) is 0 Å². The van der Waals surface area contributed by atoms with Crippen LogP contribution in [0.1, 0.15) is 32.6 Å². The van der Waals surface area contributed by atoms with Crippen molar-refractivity contribution in [3.8, 4) is 0 Å². The molecule has 0 aliphatic rings. The van der Waals surface area contributed by atoms with Crippen molar-refractivity contribution in [3.05, 3.63) is 38.4 Å². The third kappa shape index (κ3) is 4.90. The Balaban J connectivity index is 2.00. The van der Waals surface area contributed by atoms with Crippen LogP contribution in [-0.4, -0.2) is 36.3 Å². The highest BCUT2D eigenvalue weighted by Crippen LogP contribution is 2.33. The minimum absolute atomic E-state index is 0.262. The number of carbonyl (C=O) groups excluding carboxylic acids is 3. The first-order chi connectivity index (χ1) is 11.8. The number of nitrogens with one attached hydrogen (secondary N) is 1. The summed E-state index contributed by atoms with van der Waals surface area (Å²) in [6, 6.07) is 3.86. The lowest BCUT2D eigenvalue weighted by molar-refractivity contribution is -0.133. The first-order valence-electron chi connectivity index (χ1n) is 7.60. The molecule has 0 bridgehead atoms. The molecule has 2 heterocycles. The number of anilines is 1. The number of ether oxygens (including phenoxy) is 1. The van der Waals surface area contributed by atoms with E-state index in [1.807, 2.05) is 24.4 Å². The second kappa shape index (κ2) is 8.26. The van der Waals surface area contributed by atoms with Crippen LogP contribution >= 0.6 is 22.7 Å². The molecule has 2 aromatic rings. The van der Waals surface area contributed by atoms with Crippen LogP contribution in [0.2, 0.25) is 0 Å². The van der Waals surface area contributed by atoms with E-state index < -0.39 is 5.97 Å². The normalized spacial score (nSPS) is 10.4. The van der Waals surface area contributed by atoms with Crippen molar-refractivity contribution in [2.24, 2.45) is 0 Å². The van der Waals surface area contributed by atoms with E-state index in [9.17, 15) is 14.4 Å². The Morgan fingerprint density at radius 1 is 1.28 bits per heavy atom. The molecule has 0 spiro atoms. The number of thiophene rings is 2. The smallest absolute Gasteiger partial charge is 0.341 e. The zero-order valence-corrected chi connectivity index (χ0v) is 16.2. The molecule has 0 aliphatic heterocycles. The maximum absolute atomic E-state index is 12.4. The molecule has 2 rings (SSSR count). The predicted molar refractivity (Wildman–Crippen MR) is 99.2 cm³/mol. The molecule has 0 aliphatic carbocycles. The summed E-state index contributed by atoms with van der Waals surface area (Å²) < 4.78 is 5.18. The van der Waals surface area contributed by atoms with E-state index in [1.165, 1.54) is 23.2 Å². The summed E-state index contributed by atoms with van der Waals surface area (Å²) in [4.78, 5) is 39.3. The van der Waals surface area contributed by atoms with Gasteiger partial charge in [0, 0.05) is 23.7 Å². The molecule has 25 heavy (non-hydrogen) atoms. The average Bonchev–Trinajstić information content (AvgIpc) is 3.13. The third-order valence-corrected chi connectivity index (χ3v) is 5.59. The molecule has 0 saturated carbocycles. The van der Waals surface area contributed by atoms with Crippen LogP contribution in [0.15, 0.2) is 17.5 Å². The average molecular weight is 380 g/mol. The SMILES string of the molecule is CC(=O)Nc1sc(C)c(C)c1C(=O)OCC(=O)N(C)Cc1cccs1. The molecule has 0 aromatic carbocycles. The standard InChI is InChI=1S/C17H20N2O4S2/c1-10-11(2)25-16(18-12(3)20)15(10)17(22)23-9-14(21)19(4)8-13-6-5-7-24-13/h5-7H,8-9H2,1-4H3,(H,18,20). The van der Waals surface area contributed by atoms with Gasteiger partial charge in [0.05, 0.1) is 12.1 Å². The van der Waals surface area contributed by atoms with E-state index in [0.717, 1.165) is 15.3 Å². The molecule has 2 amide bonds. The molecular weight excluding hydrogens is 360 g/mol. The van der Waals surface area contributed by atoms with E-state index in [4.69, 9.17) is 4.74 Å². The Morgan fingerprint density at radius 2 is 2.00 bits per heavy atom. The molecule has 6 nitrogen and oxygen atoms in total. The highest BCUT2D eigenvalue weighted by atomic mass is 32.1. The first kappa shape index (κ1) is 19.1. The summed E-state index contributed by atoms with van der Waals surface area (Å²) in [6.45, 7) is 5.17. The quantitative estimate of drug-likeness (QED) is 0.781. The maximum Gasteiger partial charge on any atom is 0.341 e. The molecule has 134 valence electrons. The number of rotatable bonds is 6. The summed E-state index contributed by atoms with van der Waals surface area (Å²) in [7, 11) is 1.67. The number of aryl methyl sites for hydroxylation is 1. The Hall–Kier alpha value is -2.19. The minimum Gasteiger partial charge on any atom is -0.452 e. The van der Waals surface area contributed by atoms with Gasteiger partial charge in [-0.25, -0.2) is 4.79 Å². The highest BCUT2D eigenvalue weighted by Gasteiger charge is 2.23. The van der Waals surface area contributed by atoms with E-state index >= 15 is 0 Å². The van der Waals surface area contributed by atoms with E-state index in [-0.39, 0.29) is 18.4 Å². The molecule has 1 N–H and O–H groups in total. The van der Waals surface area contributed by atoms with E-state index in [0.29, 0.717) is 17.1 Å². The Morgan fingerprint density at radius 3 is 2.60 bits per heavy atom. The Bertz CT molecular complexity index is 781. The lowest BCUT2D eigenvalue weighted by Gasteiger charge is -2.16. The van der Waals surface area contributed by atoms with Gasteiger partial charge in [0.2, 0.25) is 5.91 Å². The van der Waals surface area contributed by atoms with Gasteiger partial charge in [-0.15, -0.1) is 22.7 Å². The monoisotopic (exact) mass is 380 g/mol. The van der Waals surface area contributed by atoms with Gasteiger partial charge >= 0.3 is 5.97 Å². The summed E-state index contributed by atoms with van der Waals surface area (Å²) in [5, 5.41) is 5.04. The maximum atomic E-state index is 12.4. The van der Waals surface area contributed by atoms with Gasteiger partial charge in [-0.1, -0.05) is 6.07 Å². The molecule has 0 saturated heterocycles. The van der Waals surface area contributed by atoms with Crippen LogP contribution in [0.4, 0.5) is 5.00 Å². The van der Waals surface area contributed by atoms with Crippen LogP contribution in [-0.2, 0) is 20.9 Å². The van der Waals surface area contributed by atoms with Gasteiger partial charge in [0.25, 0.3) is 5.91 Å². The fraction of sp³-hybridized carbons (Fsp3) is 0.353. The first-order valence-corrected chi connectivity index (χ1v) is 9.30. The van der Waals surface area contributed by atoms with Crippen LogP contribution in [0.25, 0.3) is 0 Å². The van der Waals surface area contributed by atoms with Gasteiger partial charge in [0.1, 0.15) is 5.00 Å². The number of hydrogen-bond donors (Lipinski definition) is 1. The van der Waals surface area contributed by atoms with Crippen molar-refractivity contribution in [2.75, 3.05) is 19.0 Å². The summed E-state index contributed by atoms with van der Waals surface area (Å²) in [5.41, 5.74) is 1.06. The third-order valence-electron chi connectivity index (χ3n) is 3.60. The van der Waals surface area contributed by atoms with Crippen LogP contribution in [0, 0.1) is 13.8 Å². The number of carbonyl (C=O) groups is 3. The zero-order valence-electron chi connectivity index (χ0n) is 14.5. The topological polar surface area (TPSA) is 75.7 Å². The highest BCUT2D eigenvalue weighted by molar-refractivity contribution is 7.16. The number of amides is 2. The van der Waals surface area contributed by atoms with Crippen molar-refractivity contribution < 1.29 is 19.1 Å². The lowest BCUT2D eigenvalue weighted by atomic mass is 10.1.